The third-order valence-electron chi connectivity index (χ3n) is 4.88. The summed E-state index contributed by atoms with van der Waals surface area (Å²) < 4.78 is 66.7. The lowest BCUT2D eigenvalue weighted by atomic mass is 10.2. The van der Waals surface area contributed by atoms with Gasteiger partial charge in [0.1, 0.15) is 6.54 Å². The molecular formula is C23H20ClF3N2O3S. The second-order valence-electron chi connectivity index (χ2n) is 7.34. The van der Waals surface area contributed by atoms with Crippen LogP contribution < -0.4 is 9.62 Å². The van der Waals surface area contributed by atoms with E-state index in [4.69, 9.17) is 11.6 Å². The van der Waals surface area contributed by atoms with Gasteiger partial charge in [-0.3, -0.25) is 9.10 Å². The molecule has 3 rings (SSSR count). The molecule has 0 atom stereocenters. The Labute approximate surface area is 194 Å². The number of hydrogen-bond acceptors (Lipinski definition) is 3. The molecule has 174 valence electrons. The third kappa shape index (κ3) is 5.66. The Hall–Kier alpha value is -3.04. The van der Waals surface area contributed by atoms with E-state index in [-0.39, 0.29) is 16.3 Å². The molecule has 0 radical (unpaired) electrons. The first-order valence-electron chi connectivity index (χ1n) is 9.71. The van der Waals surface area contributed by atoms with Crippen LogP contribution in [0.2, 0.25) is 5.02 Å². The van der Waals surface area contributed by atoms with Crippen molar-refractivity contribution in [2.45, 2.75) is 24.9 Å². The van der Waals surface area contributed by atoms with Gasteiger partial charge in [0.05, 0.1) is 16.1 Å². The largest absolute Gasteiger partial charge is 0.416 e. The summed E-state index contributed by atoms with van der Waals surface area (Å²) in [6.45, 7) is 2.74. The summed E-state index contributed by atoms with van der Waals surface area (Å²) in [7, 11) is -4.20. The van der Waals surface area contributed by atoms with Crippen LogP contribution in [-0.4, -0.2) is 20.9 Å². The molecule has 0 aliphatic carbocycles. The van der Waals surface area contributed by atoms with E-state index in [2.05, 4.69) is 5.32 Å². The number of alkyl halides is 3. The number of aryl methyl sites for hydroxylation is 1. The van der Waals surface area contributed by atoms with Gasteiger partial charge in [0, 0.05) is 10.7 Å². The second kappa shape index (κ2) is 9.44. The van der Waals surface area contributed by atoms with Gasteiger partial charge >= 0.3 is 6.18 Å². The smallest absolute Gasteiger partial charge is 0.325 e. The summed E-state index contributed by atoms with van der Waals surface area (Å²) >= 11 is 6.17. The van der Waals surface area contributed by atoms with E-state index in [1.54, 1.807) is 38.1 Å². The Morgan fingerprint density at radius 1 is 1.00 bits per heavy atom. The number of rotatable bonds is 6. The van der Waals surface area contributed by atoms with Gasteiger partial charge in [0.25, 0.3) is 10.0 Å². The van der Waals surface area contributed by atoms with Gasteiger partial charge in [-0.05, 0) is 61.9 Å². The molecule has 0 unspecified atom stereocenters. The summed E-state index contributed by atoms with van der Waals surface area (Å²) in [4.78, 5) is 12.7. The Balaban J connectivity index is 1.98. The molecule has 1 amide bonds. The first-order valence-corrected chi connectivity index (χ1v) is 11.5. The zero-order valence-electron chi connectivity index (χ0n) is 17.7. The second-order valence-corrected chi connectivity index (χ2v) is 9.60. The molecule has 0 aliphatic heterocycles. The van der Waals surface area contributed by atoms with Crippen molar-refractivity contribution in [3.05, 3.63) is 88.4 Å². The Kier molecular flexibility index (Phi) is 7.04. The number of carbonyl (C=O) groups excluding carboxylic acids is 1. The fourth-order valence-electron chi connectivity index (χ4n) is 3.11. The highest BCUT2D eigenvalue weighted by atomic mass is 35.5. The number of halogens is 4. The van der Waals surface area contributed by atoms with Crippen molar-refractivity contribution in [3.8, 4) is 0 Å². The molecule has 0 saturated heterocycles. The van der Waals surface area contributed by atoms with E-state index in [9.17, 15) is 26.4 Å². The van der Waals surface area contributed by atoms with Gasteiger partial charge in [-0.15, -0.1) is 0 Å². The lowest BCUT2D eigenvalue weighted by Gasteiger charge is -2.26. The summed E-state index contributed by atoms with van der Waals surface area (Å²) in [5.74, 6) is -0.815. The number of nitrogens with zero attached hydrogens (tertiary/aromatic N) is 1. The van der Waals surface area contributed by atoms with E-state index in [0.29, 0.717) is 10.6 Å². The molecule has 33 heavy (non-hydrogen) atoms. The summed E-state index contributed by atoms with van der Waals surface area (Å²) in [6.07, 6.45) is -4.58. The SMILES string of the molecule is Cc1ccc(S(=O)(=O)N(CC(=O)Nc2cccc(C(F)(F)F)c2)c2cccc(Cl)c2C)cc1. The maximum atomic E-state index is 13.4. The van der Waals surface area contributed by atoms with E-state index in [1.165, 1.54) is 24.3 Å². The minimum absolute atomic E-state index is 0.0423. The van der Waals surface area contributed by atoms with E-state index < -0.39 is 34.2 Å². The number of benzene rings is 3. The lowest BCUT2D eigenvalue weighted by Crippen LogP contribution is -2.38. The minimum Gasteiger partial charge on any atom is -0.325 e. The number of carbonyl (C=O) groups is 1. The monoisotopic (exact) mass is 496 g/mol. The van der Waals surface area contributed by atoms with Gasteiger partial charge in [-0.1, -0.05) is 41.4 Å². The number of hydrogen-bond donors (Lipinski definition) is 1. The molecule has 3 aromatic carbocycles. The first kappa shape index (κ1) is 24.6. The number of anilines is 2. The van der Waals surface area contributed by atoms with Crippen molar-refractivity contribution in [3.63, 3.8) is 0 Å². The first-order chi connectivity index (χ1) is 15.4. The number of amides is 1. The molecule has 0 saturated carbocycles. The topological polar surface area (TPSA) is 66.5 Å². The van der Waals surface area contributed by atoms with Crippen LogP contribution in [0.25, 0.3) is 0 Å². The normalized spacial score (nSPS) is 11.8. The molecule has 0 aliphatic rings. The molecular weight excluding hydrogens is 477 g/mol. The van der Waals surface area contributed by atoms with Crippen LogP contribution in [0.5, 0.6) is 0 Å². The summed E-state index contributed by atoms with van der Waals surface area (Å²) in [5, 5.41) is 2.64. The molecule has 1 N–H and O–H groups in total. The lowest BCUT2D eigenvalue weighted by molar-refractivity contribution is -0.137. The van der Waals surface area contributed by atoms with Crippen molar-refractivity contribution < 1.29 is 26.4 Å². The average Bonchev–Trinajstić information content (AvgIpc) is 2.74. The fraction of sp³-hybridized carbons (Fsp3) is 0.174. The van der Waals surface area contributed by atoms with Crippen LogP contribution in [0.1, 0.15) is 16.7 Å². The molecule has 0 fully saturated rings. The highest BCUT2D eigenvalue weighted by Crippen LogP contribution is 2.32. The van der Waals surface area contributed by atoms with Gasteiger partial charge in [0.2, 0.25) is 5.91 Å². The van der Waals surface area contributed by atoms with E-state index in [0.717, 1.165) is 28.1 Å². The maximum Gasteiger partial charge on any atom is 0.416 e. The Morgan fingerprint density at radius 3 is 2.27 bits per heavy atom. The Bertz CT molecular complexity index is 1280. The Morgan fingerprint density at radius 2 is 1.64 bits per heavy atom. The van der Waals surface area contributed by atoms with Gasteiger partial charge in [-0.2, -0.15) is 13.2 Å². The van der Waals surface area contributed by atoms with Crippen molar-refractivity contribution >= 4 is 38.9 Å². The van der Waals surface area contributed by atoms with Gasteiger partial charge in [-0.25, -0.2) is 8.42 Å². The highest BCUT2D eigenvalue weighted by molar-refractivity contribution is 7.92. The third-order valence-corrected chi connectivity index (χ3v) is 7.06. The quantitative estimate of drug-likeness (QED) is 0.468. The van der Waals surface area contributed by atoms with Crippen molar-refractivity contribution in [1.82, 2.24) is 0 Å². The van der Waals surface area contributed by atoms with Gasteiger partial charge < -0.3 is 5.32 Å². The molecule has 10 heteroatoms. The van der Waals surface area contributed by atoms with Crippen LogP contribution in [0.4, 0.5) is 24.5 Å². The molecule has 0 aromatic heterocycles. The summed E-state index contributed by atoms with van der Waals surface area (Å²) in [6, 6.07) is 14.8. The molecule has 0 heterocycles. The fourth-order valence-corrected chi connectivity index (χ4v) is 4.76. The molecule has 0 bridgehead atoms. The molecule has 0 spiro atoms. The predicted molar refractivity (Wildman–Crippen MR) is 122 cm³/mol. The number of nitrogens with one attached hydrogen (secondary N) is 1. The van der Waals surface area contributed by atoms with Crippen LogP contribution >= 0.6 is 11.6 Å². The minimum atomic E-state index is -4.58. The van der Waals surface area contributed by atoms with Gasteiger partial charge in [0.15, 0.2) is 0 Å². The maximum absolute atomic E-state index is 13.4. The van der Waals surface area contributed by atoms with Crippen LogP contribution in [0.3, 0.4) is 0 Å². The molecule has 5 nitrogen and oxygen atoms in total. The standard InChI is InChI=1S/C23H20ClF3N2O3S/c1-15-9-11-19(12-10-15)33(31,32)29(21-8-4-7-20(24)16(21)2)14-22(30)28-18-6-3-5-17(13-18)23(25,26)27/h3-13H,14H2,1-2H3,(H,28,30). The van der Waals surface area contributed by atoms with Crippen LogP contribution in [0.15, 0.2) is 71.6 Å². The van der Waals surface area contributed by atoms with Crippen molar-refractivity contribution in [2.75, 3.05) is 16.2 Å². The van der Waals surface area contributed by atoms with Crippen molar-refractivity contribution in [2.24, 2.45) is 0 Å². The van der Waals surface area contributed by atoms with Crippen LogP contribution in [-0.2, 0) is 21.0 Å². The highest BCUT2D eigenvalue weighted by Gasteiger charge is 2.31. The molecule has 3 aromatic rings. The van der Waals surface area contributed by atoms with E-state index in [1.807, 2.05) is 0 Å². The van der Waals surface area contributed by atoms with Crippen molar-refractivity contribution in [1.29, 1.82) is 0 Å². The summed E-state index contributed by atoms with van der Waals surface area (Å²) in [5.41, 5.74) is 0.422. The number of sulfonamides is 1. The predicted octanol–water partition coefficient (Wildman–Crippen LogP) is 5.81. The van der Waals surface area contributed by atoms with E-state index >= 15 is 0 Å². The zero-order valence-corrected chi connectivity index (χ0v) is 19.2. The van der Waals surface area contributed by atoms with Crippen LogP contribution in [0, 0.1) is 13.8 Å². The average molecular weight is 497 g/mol. The zero-order chi connectivity index (χ0) is 24.4.